The van der Waals surface area contributed by atoms with E-state index in [1.54, 1.807) is 9.47 Å². The second kappa shape index (κ2) is 8.12. The maximum atomic E-state index is 13.3. The van der Waals surface area contributed by atoms with Gasteiger partial charge in [0.25, 0.3) is 5.91 Å². The van der Waals surface area contributed by atoms with E-state index in [0.717, 1.165) is 24.9 Å². The van der Waals surface area contributed by atoms with E-state index in [-0.39, 0.29) is 36.4 Å². The second-order valence-corrected chi connectivity index (χ2v) is 7.45. The van der Waals surface area contributed by atoms with E-state index in [2.05, 4.69) is 10.3 Å². The monoisotopic (exact) mass is 399 g/mol. The molecule has 2 aliphatic rings. The third-order valence-corrected chi connectivity index (χ3v) is 5.66. The SMILES string of the molecule is O=C(O)N1CCN(C(=O)c2[nH]c(=O)n(C3CCCNC3)c2-c2ccccc2)CC1. The molecule has 9 nitrogen and oxygen atoms in total. The largest absolute Gasteiger partial charge is 0.465 e. The number of rotatable bonds is 3. The minimum absolute atomic E-state index is 0.0203. The van der Waals surface area contributed by atoms with Crippen LogP contribution < -0.4 is 11.0 Å². The first kappa shape index (κ1) is 19.3. The van der Waals surface area contributed by atoms with Gasteiger partial charge in [-0.25, -0.2) is 9.59 Å². The highest BCUT2D eigenvalue weighted by molar-refractivity contribution is 5.98. The topological polar surface area (TPSA) is 111 Å². The smallest absolute Gasteiger partial charge is 0.407 e. The summed E-state index contributed by atoms with van der Waals surface area (Å²) < 4.78 is 1.71. The molecule has 154 valence electrons. The highest BCUT2D eigenvalue weighted by Gasteiger charge is 2.31. The summed E-state index contributed by atoms with van der Waals surface area (Å²) in [6.07, 6.45) is 0.860. The molecule has 1 aromatic carbocycles. The van der Waals surface area contributed by atoms with Gasteiger partial charge in [-0.2, -0.15) is 0 Å². The highest BCUT2D eigenvalue weighted by Crippen LogP contribution is 2.28. The predicted molar refractivity (Wildman–Crippen MR) is 107 cm³/mol. The van der Waals surface area contributed by atoms with Crippen LogP contribution in [0.3, 0.4) is 0 Å². The number of carboxylic acid groups (broad SMARTS) is 1. The van der Waals surface area contributed by atoms with Crippen molar-refractivity contribution in [2.75, 3.05) is 39.3 Å². The zero-order chi connectivity index (χ0) is 20.4. The molecule has 0 bridgehead atoms. The van der Waals surface area contributed by atoms with Crippen molar-refractivity contribution in [1.82, 2.24) is 24.7 Å². The van der Waals surface area contributed by atoms with Crippen LogP contribution in [0.5, 0.6) is 0 Å². The number of nitrogens with zero attached hydrogens (tertiary/aromatic N) is 3. The quantitative estimate of drug-likeness (QED) is 0.718. The van der Waals surface area contributed by atoms with Gasteiger partial charge in [-0.15, -0.1) is 0 Å². The number of nitrogens with one attached hydrogen (secondary N) is 2. The maximum absolute atomic E-state index is 13.3. The van der Waals surface area contributed by atoms with E-state index in [4.69, 9.17) is 5.11 Å². The minimum Gasteiger partial charge on any atom is -0.465 e. The van der Waals surface area contributed by atoms with Crippen molar-refractivity contribution in [2.24, 2.45) is 0 Å². The zero-order valence-electron chi connectivity index (χ0n) is 16.1. The van der Waals surface area contributed by atoms with Crippen molar-refractivity contribution in [2.45, 2.75) is 18.9 Å². The Morgan fingerprint density at radius 3 is 2.34 bits per heavy atom. The first-order valence-corrected chi connectivity index (χ1v) is 9.94. The molecule has 2 aromatic rings. The molecule has 2 aliphatic heterocycles. The van der Waals surface area contributed by atoms with E-state index >= 15 is 0 Å². The van der Waals surface area contributed by atoms with E-state index in [1.807, 2.05) is 30.3 Å². The van der Waals surface area contributed by atoms with Crippen LogP contribution in [-0.4, -0.2) is 75.7 Å². The molecule has 2 amide bonds. The maximum Gasteiger partial charge on any atom is 0.407 e. The van der Waals surface area contributed by atoms with E-state index in [9.17, 15) is 14.4 Å². The lowest BCUT2D eigenvalue weighted by molar-refractivity contribution is 0.0620. The predicted octanol–water partition coefficient (Wildman–Crippen LogP) is 1.20. The summed E-state index contributed by atoms with van der Waals surface area (Å²) >= 11 is 0. The van der Waals surface area contributed by atoms with Crippen LogP contribution in [0, 0.1) is 0 Å². The van der Waals surface area contributed by atoms with Gasteiger partial charge in [0, 0.05) is 38.3 Å². The molecule has 1 aromatic heterocycles. The number of H-pyrrole nitrogens is 1. The number of piperidine rings is 1. The Labute approximate surface area is 167 Å². The molecule has 1 atom stereocenters. The van der Waals surface area contributed by atoms with Crippen molar-refractivity contribution in [1.29, 1.82) is 0 Å². The highest BCUT2D eigenvalue weighted by atomic mass is 16.4. The fraction of sp³-hybridized carbons (Fsp3) is 0.450. The van der Waals surface area contributed by atoms with Crippen LogP contribution in [-0.2, 0) is 0 Å². The van der Waals surface area contributed by atoms with Gasteiger partial charge in [0.05, 0.1) is 11.7 Å². The number of carbonyl (C=O) groups excluding carboxylic acids is 1. The van der Waals surface area contributed by atoms with Crippen molar-refractivity contribution in [3.63, 3.8) is 0 Å². The molecular formula is C20H25N5O4. The fourth-order valence-electron chi connectivity index (χ4n) is 4.14. The van der Waals surface area contributed by atoms with Gasteiger partial charge in [0.15, 0.2) is 0 Å². The molecule has 1 unspecified atom stereocenters. The Morgan fingerprint density at radius 1 is 1.03 bits per heavy atom. The van der Waals surface area contributed by atoms with Gasteiger partial charge < -0.3 is 25.2 Å². The van der Waals surface area contributed by atoms with Crippen LogP contribution in [0.2, 0.25) is 0 Å². The number of hydrogen-bond donors (Lipinski definition) is 3. The van der Waals surface area contributed by atoms with Gasteiger partial charge in [-0.05, 0) is 19.4 Å². The number of imidazole rings is 1. The first-order chi connectivity index (χ1) is 14.1. The number of piperazine rings is 1. The molecule has 0 radical (unpaired) electrons. The standard InChI is InChI=1S/C20H25N5O4/c26-18(23-9-11-24(12-10-23)20(28)29)16-17(14-5-2-1-3-6-14)25(19(27)22-16)15-7-4-8-21-13-15/h1-3,5-6,15,21H,4,7-13H2,(H,22,27)(H,28,29). The normalized spacial score (nSPS) is 19.9. The van der Waals surface area contributed by atoms with Crippen LogP contribution in [0.1, 0.15) is 29.4 Å². The molecule has 0 spiro atoms. The number of aromatic nitrogens is 2. The van der Waals surface area contributed by atoms with Gasteiger partial charge in [0.2, 0.25) is 0 Å². The third-order valence-electron chi connectivity index (χ3n) is 5.66. The summed E-state index contributed by atoms with van der Waals surface area (Å²) in [5.41, 5.74) is 1.40. The lowest BCUT2D eigenvalue weighted by Crippen LogP contribution is -2.50. The summed E-state index contributed by atoms with van der Waals surface area (Å²) in [5.74, 6) is -0.270. The number of amides is 2. The zero-order valence-corrected chi connectivity index (χ0v) is 16.1. The summed E-state index contributed by atoms with van der Waals surface area (Å²) in [6, 6.07) is 9.44. The Bertz CT molecular complexity index is 938. The fourth-order valence-corrected chi connectivity index (χ4v) is 4.14. The summed E-state index contributed by atoms with van der Waals surface area (Å²) in [7, 11) is 0. The van der Waals surface area contributed by atoms with E-state index in [1.165, 1.54) is 4.90 Å². The number of hydrogen-bond acceptors (Lipinski definition) is 4. The second-order valence-electron chi connectivity index (χ2n) is 7.45. The molecule has 0 saturated carbocycles. The van der Waals surface area contributed by atoms with Crippen molar-refractivity contribution in [3.05, 3.63) is 46.5 Å². The van der Waals surface area contributed by atoms with Gasteiger partial charge in [0.1, 0.15) is 5.69 Å². The molecular weight excluding hydrogens is 374 g/mol. The summed E-state index contributed by atoms with van der Waals surface area (Å²) in [5, 5.41) is 12.4. The average molecular weight is 399 g/mol. The lowest BCUT2D eigenvalue weighted by Gasteiger charge is -2.33. The number of aromatic amines is 1. The molecule has 29 heavy (non-hydrogen) atoms. The van der Waals surface area contributed by atoms with Crippen LogP contribution >= 0.6 is 0 Å². The van der Waals surface area contributed by atoms with Crippen LogP contribution in [0.25, 0.3) is 11.3 Å². The third kappa shape index (κ3) is 3.77. The van der Waals surface area contributed by atoms with Crippen LogP contribution in [0.4, 0.5) is 4.79 Å². The lowest BCUT2D eigenvalue weighted by atomic mass is 10.0. The van der Waals surface area contributed by atoms with Gasteiger partial charge >= 0.3 is 11.8 Å². The average Bonchev–Trinajstić information content (AvgIpc) is 3.11. The molecule has 9 heteroatoms. The van der Waals surface area contributed by atoms with Crippen molar-refractivity contribution < 1.29 is 14.7 Å². The van der Waals surface area contributed by atoms with Crippen molar-refractivity contribution >= 4 is 12.0 Å². The Kier molecular flexibility index (Phi) is 5.39. The Hall–Kier alpha value is -3.07. The molecule has 3 N–H and O–H groups in total. The molecule has 4 rings (SSSR count). The van der Waals surface area contributed by atoms with Crippen molar-refractivity contribution in [3.8, 4) is 11.3 Å². The van der Waals surface area contributed by atoms with Gasteiger partial charge in [-0.3, -0.25) is 9.36 Å². The van der Waals surface area contributed by atoms with Crippen LogP contribution in [0.15, 0.2) is 35.1 Å². The number of carbonyl (C=O) groups is 2. The van der Waals surface area contributed by atoms with E-state index < -0.39 is 6.09 Å². The minimum atomic E-state index is -0.980. The number of benzene rings is 1. The summed E-state index contributed by atoms with van der Waals surface area (Å²) in [6.45, 7) is 2.74. The molecule has 2 saturated heterocycles. The summed E-state index contributed by atoms with van der Waals surface area (Å²) in [4.78, 5) is 43.0. The molecule has 2 fully saturated rings. The van der Waals surface area contributed by atoms with E-state index in [0.29, 0.717) is 25.3 Å². The Morgan fingerprint density at radius 2 is 1.72 bits per heavy atom. The molecule has 3 heterocycles. The van der Waals surface area contributed by atoms with Gasteiger partial charge in [-0.1, -0.05) is 30.3 Å². The first-order valence-electron chi connectivity index (χ1n) is 9.94. The molecule has 0 aliphatic carbocycles. The Balaban J connectivity index is 1.71.